The zero-order chi connectivity index (χ0) is 16.6. The van der Waals surface area contributed by atoms with E-state index in [-0.39, 0.29) is 23.7 Å². The second-order valence-corrected chi connectivity index (χ2v) is 6.58. The van der Waals surface area contributed by atoms with Crippen molar-refractivity contribution in [3.05, 3.63) is 23.3 Å². The quantitative estimate of drug-likeness (QED) is 0.851. The van der Waals surface area contributed by atoms with Gasteiger partial charge in [0.2, 0.25) is 0 Å². The summed E-state index contributed by atoms with van der Waals surface area (Å²) >= 11 is 0. The smallest absolute Gasteiger partial charge is 0.257 e. The van der Waals surface area contributed by atoms with Gasteiger partial charge in [0, 0.05) is 20.8 Å². The van der Waals surface area contributed by atoms with Gasteiger partial charge in [-0.15, -0.1) is 0 Å². The van der Waals surface area contributed by atoms with Crippen molar-refractivity contribution in [2.24, 2.45) is 0 Å². The zero-order valence-electron chi connectivity index (χ0n) is 14.3. The molecule has 1 saturated heterocycles. The molecule has 1 aliphatic heterocycles. The number of aryl methyl sites for hydroxylation is 2. The maximum atomic E-state index is 13.1. The lowest BCUT2D eigenvalue weighted by molar-refractivity contribution is -0.0893. The fourth-order valence-corrected chi connectivity index (χ4v) is 4.17. The summed E-state index contributed by atoms with van der Waals surface area (Å²) in [6, 6.07) is 0.0534. The average molecular weight is 319 g/mol. The molecule has 1 saturated carbocycles. The molecule has 1 aromatic rings. The minimum atomic E-state index is -0.234. The SMILES string of the molecule is CO[C@@H]1CC[C@@]2(OC)CCN(C(=O)c3c(C)ncnc3C)[C@H]2C1. The first-order valence-corrected chi connectivity index (χ1v) is 8.19. The van der Waals surface area contributed by atoms with Crippen LogP contribution in [0.5, 0.6) is 0 Å². The van der Waals surface area contributed by atoms with Crippen molar-refractivity contribution in [2.45, 2.75) is 57.3 Å². The number of carbonyl (C=O) groups excluding carboxylic acids is 1. The number of ether oxygens (including phenoxy) is 2. The van der Waals surface area contributed by atoms with E-state index in [4.69, 9.17) is 9.47 Å². The molecule has 0 aromatic carbocycles. The molecule has 2 aliphatic rings. The van der Waals surface area contributed by atoms with Crippen LogP contribution in [0.3, 0.4) is 0 Å². The molecule has 0 bridgehead atoms. The number of hydrogen-bond donors (Lipinski definition) is 0. The highest BCUT2D eigenvalue weighted by Gasteiger charge is 2.53. The summed E-state index contributed by atoms with van der Waals surface area (Å²) in [5.41, 5.74) is 1.86. The normalized spacial score (nSPS) is 30.3. The maximum Gasteiger partial charge on any atom is 0.257 e. The molecule has 1 amide bonds. The molecule has 3 rings (SSSR count). The van der Waals surface area contributed by atoms with E-state index in [1.165, 1.54) is 6.33 Å². The van der Waals surface area contributed by atoms with Gasteiger partial charge < -0.3 is 14.4 Å². The van der Waals surface area contributed by atoms with Crippen LogP contribution >= 0.6 is 0 Å². The Morgan fingerprint density at radius 2 is 1.96 bits per heavy atom. The van der Waals surface area contributed by atoms with Crippen molar-refractivity contribution in [1.82, 2.24) is 14.9 Å². The second-order valence-electron chi connectivity index (χ2n) is 6.58. The summed E-state index contributed by atoms with van der Waals surface area (Å²) in [7, 11) is 3.50. The van der Waals surface area contributed by atoms with Crippen LogP contribution in [0.2, 0.25) is 0 Å². The highest BCUT2D eigenvalue weighted by atomic mass is 16.5. The van der Waals surface area contributed by atoms with Crippen LogP contribution in [0.15, 0.2) is 6.33 Å². The molecule has 0 radical (unpaired) electrons. The van der Waals surface area contributed by atoms with E-state index in [1.807, 2.05) is 18.7 Å². The third-order valence-corrected chi connectivity index (χ3v) is 5.58. The van der Waals surface area contributed by atoms with Gasteiger partial charge in [0.15, 0.2) is 0 Å². The number of hydrogen-bond acceptors (Lipinski definition) is 5. The predicted molar refractivity (Wildman–Crippen MR) is 85.3 cm³/mol. The first-order valence-electron chi connectivity index (χ1n) is 8.19. The third kappa shape index (κ3) is 2.64. The van der Waals surface area contributed by atoms with Gasteiger partial charge in [-0.1, -0.05) is 0 Å². The summed E-state index contributed by atoms with van der Waals surface area (Å²) in [4.78, 5) is 23.5. The lowest BCUT2D eigenvalue weighted by Crippen LogP contribution is -2.53. The molecule has 0 unspecified atom stereocenters. The summed E-state index contributed by atoms with van der Waals surface area (Å²) in [5.74, 6) is 0.0151. The number of fused-ring (bicyclic) bond motifs is 1. The predicted octanol–water partition coefficient (Wildman–Crippen LogP) is 1.89. The van der Waals surface area contributed by atoms with Gasteiger partial charge in [0.1, 0.15) is 6.33 Å². The van der Waals surface area contributed by atoms with E-state index in [9.17, 15) is 4.79 Å². The van der Waals surface area contributed by atoms with Crippen molar-refractivity contribution in [1.29, 1.82) is 0 Å². The molecule has 1 aromatic heterocycles. The number of aromatic nitrogens is 2. The molecule has 1 aliphatic carbocycles. The first kappa shape index (κ1) is 16.3. The molecule has 3 atom stereocenters. The van der Waals surface area contributed by atoms with Gasteiger partial charge in [-0.05, 0) is 39.5 Å². The monoisotopic (exact) mass is 319 g/mol. The second kappa shape index (κ2) is 6.17. The molecule has 0 spiro atoms. The fraction of sp³-hybridized carbons (Fsp3) is 0.706. The third-order valence-electron chi connectivity index (χ3n) is 5.58. The van der Waals surface area contributed by atoms with E-state index >= 15 is 0 Å². The number of carbonyl (C=O) groups is 1. The minimum absolute atomic E-state index is 0.0151. The van der Waals surface area contributed by atoms with Crippen molar-refractivity contribution in [3.8, 4) is 0 Å². The Kier molecular flexibility index (Phi) is 4.38. The van der Waals surface area contributed by atoms with Gasteiger partial charge in [0.05, 0.1) is 34.7 Å². The van der Waals surface area contributed by atoms with Crippen LogP contribution in [0.25, 0.3) is 0 Å². The van der Waals surface area contributed by atoms with Crippen molar-refractivity contribution in [2.75, 3.05) is 20.8 Å². The van der Waals surface area contributed by atoms with Crippen molar-refractivity contribution < 1.29 is 14.3 Å². The standard InChI is InChI=1S/C17H25N3O3/c1-11-15(12(2)19-10-18-11)16(21)20-8-7-17(23-4)6-5-13(22-3)9-14(17)20/h10,13-14H,5-9H2,1-4H3/t13-,14+,17-/m1/s1. The van der Waals surface area contributed by atoms with Crippen LogP contribution in [-0.4, -0.2) is 59.3 Å². The van der Waals surface area contributed by atoms with Gasteiger partial charge in [-0.2, -0.15) is 0 Å². The van der Waals surface area contributed by atoms with Crippen LogP contribution in [0, 0.1) is 13.8 Å². The van der Waals surface area contributed by atoms with Crippen LogP contribution in [-0.2, 0) is 9.47 Å². The zero-order valence-corrected chi connectivity index (χ0v) is 14.3. The molecule has 6 heteroatoms. The summed E-state index contributed by atoms with van der Waals surface area (Å²) in [6.07, 6.45) is 5.30. The number of likely N-dealkylation sites (tertiary alicyclic amines) is 1. The van der Waals surface area contributed by atoms with Crippen molar-refractivity contribution in [3.63, 3.8) is 0 Å². The van der Waals surface area contributed by atoms with E-state index < -0.39 is 0 Å². The van der Waals surface area contributed by atoms with Gasteiger partial charge >= 0.3 is 0 Å². The Balaban J connectivity index is 1.92. The first-order chi connectivity index (χ1) is 11.0. The van der Waals surface area contributed by atoms with Gasteiger partial charge in [-0.3, -0.25) is 4.79 Å². The lowest BCUT2D eigenvalue weighted by atomic mass is 9.79. The number of methoxy groups -OCH3 is 2. The van der Waals surface area contributed by atoms with Gasteiger partial charge in [0.25, 0.3) is 5.91 Å². The molecule has 23 heavy (non-hydrogen) atoms. The van der Waals surface area contributed by atoms with Crippen molar-refractivity contribution >= 4 is 5.91 Å². The largest absolute Gasteiger partial charge is 0.381 e. The summed E-state index contributed by atoms with van der Waals surface area (Å²) < 4.78 is 11.4. The molecule has 126 valence electrons. The molecule has 2 fully saturated rings. The summed E-state index contributed by atoms with van der Waals surface area (Å²) in [6.45, 7) is 4.43. The fourth-order valence-electron chi connectivity index (χ4n) is 4.17. The van der Waals surface area contributed by atoms with E-state index in [2.05, 4.69) is 9.97 Å². The Morgan fingerprint density at radius 1 is 1.26 bits per heavy atom. The minimum Gasteiger partial charge on any atom is -0.381 e. The Hall–Kier alpha value is -1.53. The Labute approximate surface area is 137 Å². The van der Waals surface area contributed by atoms with Crippen LogP contribution in [0.4, 0.5) is 0 Å². The highest BCUT2D eigenvalue weighted by Crippen LogP contribution is 2.43. The molecule has 0 N–H and O–H groups in total. The maximum absolute atomic E-state index is 13.1. The Bertz CT molecular complexity index is 586. The average Bonchev–Trinajstić information content (AvgIpc) is 2.93. The molecular formula is C17H25N3O3. The number of nitrogens with zero attached hydrogens (tertiary/aromatic N) is 3. The summed E-state index contributed by atoms with van der Waals surface area (Å²) in [5, 5.41) is 0. The van der Waals surface area contributed by atoms with E-state index in [0.717, 1.165) is 37.1 Å². The van der Waals surface area contributed by atoms with Gasteiger partial charge in [-0.25, -0.2) is 9.97 Å². The van der Waals surface area contributed by atoms with E-state index in [0.29, 0.717) is 12.1 Å². The molecule has 6 nitrogen and oxygen atoms in total. The molecule has 2 heterocycles. The van der Waals surface area contributed by atoms with E-state index in [1.54, 1.807) is 14.2 Å². The number of amides is 1. The highest BCUT2D eigenvalue weighted by molar-refractivity contribution is 5.96. The van der Waals surface area contributed by atoms with Crippen LogP contribution < -0.4 is 0 Å². The lowest BCUT2D eigenvalue weighted by Gasteiger charge is -2.43. The van der Waals surface area contributed by atoms with Crippen LogP contribution in [0.1, 0.15) is 47.4 Å². The number of rotatable bonds is 3. The topological polar surface area (TPSA) is 64.6 Å². The molecular weight excluding hydrogens is 294 g/mol. The Morgan fingerprint density at radius 3 is 2.57 bits per heavy atom.